The molecule has 0 aliphatic rings. The summed E-state index contributed by atoms with van der Waals surface area (Å²) in [7, 11) is 3.36. The van der Waals surface area contributed by atoms with Crippen LogP contribution in [0.5, 0.6) is 17.2 Å². The van der Waals surface area contributed by atoms with E-state index in [1.807, 2.05) is 11.6 Å². The predicted molar refractivity (Wildman–Crippen MR) is 104 cm³/mol. The number of amides is 1. The van der Waals surface area contributed by atoms with Gasteiger partial charge in [0.2, 0.25) is 5.91 Å². The number of hydrogen-bond acceptors (Lipinski definition) is 5. The standard InChI is InChI=1S/C21H19N3O4/c1-24-14-22-12-17(24)13-28-18-5-3-4-16(11-18)23-21(26)9-7-15-6-8-20(27-2)19(25)10-15/h5-12,14,25H,13H2,1-2H3,(H,23,26). The molecule has 0 aliphatic heterocycles. The fraction of sp³-hybridized carbons (Fsp3) is 0.143. The lowest BCUT2D eigenvalue weighted by Crippen LogP contribution is -2.07. The lowest BCUT2D eigenvalue weighted by molar-refractivity contribution is -0.111. The number of carbonyl (C=O) groups is 1. The molecule has 0 bridgehead atoms. The number of ether oxygens (including phenoxy) is 2. The number of rotatable bonds is 7. The van der Waals surface area contributed by atoms with Crippen molar-refractivity contribution in [1.82, 2.24) is 9.55 Å². The van der Waals surface area contributed by atoms with Crippen molar-refractivity contribution in [2.75, 3.05) is 12.4 Å². The van der Waals surface area contributed by atoms with E-state index in [0.717, 1.165) is 5.69 Å². The van der Waals surface area contributed by atoms with Crippen molar-refractivity contribution in [2.24, 2.45) is 7.05 Å². The van der Waals surface area contributed by atoms with Gasteiger partial charge in [-0.05, 0) is 29.8 Å². The Labute approximate surface area is 162 Å². The lowest BCUT2D eigenvalue weighted by Gasteiger charge is -2.07. The molecule has 0 unspecified atom stereocenters. The third kappa shape index (κ3) is 4.83. The van der Waals surface area contributed by atoms with Gasteiger partial charge in [0.1, 0.15) is 12.4 Å². The molecule has 2 aromatic carbocycles. The monoisotopic (exact) mass is 377 g/mol. The van der Waals surface area contributed by atoms with E-state index in [-0.39, 0.29) is 11.7 Å². The van der Waals surface area contributed by atoms with Gasteiger partial charge in [0.25, 0.3) is 0 Å². The number of nitrogens with zero attached hydrogens (tertiary/aromatic N) is 2. The highest BCUT2D eigenvalue weighted by molar-refractivity contribution is 6.01. The van der Waals surface area contributed by atoms with Crippen molar-refractivity contribution < 1.29 is 19.4 Å². The van der Waals surface area contributed by atoms with Gasteiger partial charge in [0.15, 0.2) is 11.5 Å². The maximum atomic E-state index is 12.1. The number of anilines is 1. The molecule has 0 saturated carbocycles. The Morgan fingerprint density at radius 3 is 2.96 bits per heavy atom. The first kappa shape index (κ1) is 18.9. The number of phenols is 1. The Morgan fingerprint density at radius 2 is 2.25 bits per heavy atom. The van der Waals surface area contributed by atoms with E-state index < -0.39 is 0 Å². The number of imidazole rings is 1. The number of nitrogens with one attached hydrogen (secondary N) is 1. The normalized spacial score (nSPS) is 10.5. The number of aryl methyl sites for hydroxylation is 1. The van der Waals surface area contributed by atoms with E-state index in [2.05, 4.69) is 22.4 Å². The first-order chi connectivity index (χ1) is 13.5. The largest absolute Gasteiger partial charge is 0.504 e. The average molecular weight is 377 g/mol. The second-order valence-electron chi connectivity index (χ2n) is 5.91. The minimum absolute atomic E-state index is 0.00580. The SMILES string of the molecule is COc1ccc(C=CC(=O)Nc2c#ccc(OCc3cncn3C)c2)cc1O. The van der Waals surface area contributed by atoms with Gasteiger partial charge in [-0.2, -0.15) is 0 Å². The van der Waals surface area contributed by atoms with E-state index in [1.165, 1.54) is 19.3 Å². The molecule has 3 rings (SSSR count). The smallest absolute Gasteiger partial charge is 0.248 e. The highest BCUT2D eigenvalue weighted by Crippen LogP contribution is 2.26. The van der Waals surface area contributed by atoms with Gasteiger partial charge in [-0.3, -0.25) is 4.79 Å². The summed E-state index contributed by atoms with van der Waals surface area (Å²) >= 11 is 0. The van der Waals surface area contributed by atoms with Gasteiger partial charge in [0, 0.05) is 25.3 Å². The number of carbonyl (C=O) groups excluding carboxylic acids is 1. The third-order valence-electron chi connectivity index (χ3n) is 3.90. The van der Waals surface area contributed by atoms with Crippen LogP contribution in [0.15, 0.2) is 48.9 Å². The molecule has 142 valence electrons. The summed E-state index contributed by atoms with van der Waals surface area (Å²) in [5.74, 6) is 0.587. The number of hydrogen-bond donors (Lipinski definition) is 2. The van der Waals surface area contributed by atoms with Crippen LogP contribution in [0.2, 0.25) is 0 Å². The van der Waals surface area contributed by atoms with Crippen LogP contribution < -0.4 is 14.8 Å². The second-order valence-corrected chi connectivity index (χ2v) is 5.91. The van der Waals surface area contributed by atoms with Crippen LogP contribution in [0.3, 0.4) is 0 Å². The highest BCUT2D eigenvalue weighted by Gasteiger charge is 2.04. The Hall–Kier alpha value is -3.92. The summed E-state index contributed by atoms with van der Waals surface area (Å²) in [5.41, 5.74) is 2.02. The Balaban J connectivity index is 1.59. The average Bonchev–Trinajstić information content (AvgIpc) is 3.10. The fourth-order valence-electron chi connectivity index (χ4n) is 2.39. The summed E-state index contributed by atoms with van der Waals surface area (Å²) in [4.78, 5) is 16.2. The van der Waals surface area contributed by atoms with Crippen LogP contribution in [0.25, 0.3) is 6.08 Å². The number of methoxy groups -OCH3 is 1. The van der Waals surface area contributed by atoms with Crippen molar-refractivity contribution in [2.45, 2.75) is 6.61 Å². The molecule has 3 aromatic rings. The molecule has 0 spiro atoms. The van der Waals surface area contributed by atoms with Crippen molar-refractivity contribution in [3.05, 3.63) is 72.3 Å². The third-order valence-corrected chi connectivity index (χ3v) is 3.90. The molecule has 0 aliphatic carbocycles. The van der Waals surface area contributed by atoms with Crippen molar-refractivity contribution in [3.63, 3.8) is 0 Å². The predicted octanol–water partition coefficient (Wildman–Crippen LogP) is 2.97. The zero-order valence-corrected chi connectivity index (χ0v) is 15.5. The number of phenolic OH excluding ortho intramolecular Hbond substituents is 1. The molecule has 1 aromatic heterocycles. The van der Waals surface area contributed by atoms with Crippen LogP contribution >= 0.6 is 0 Å². The number of benzene rings is 1. The van der Waals surface area contributed by atoms with E-state index in [9.17, 15) is 9.90 Å². The second kappa shape index (κ2) is 8.64. The van der Waals surface area contributed by atoms with E-state index >= 15 is 0 Å². The molecule has 0 atom stereocenters. The lowest BCUT2D eigenvalue weighted by atomic mass is 10.2. The molecule has 1 heterocycles. The summed E-state index contributed by atoms with van der Waals surface area (Å²) in [6.07, 6.45) is 6.37. The van der Waals surface area contributed by atoms with Crippen LogP contribution in [0, 0.1) is 12.1 Å². The van der Waals surface area contributed by atoms with Gasteiger partial charge < -0.3 is 24.5 Å². The maximum absolute atomic E-state index is 12.1. The van der Waals surface area contributed by atoms with E-state index in [4.69, 9.17) is 9.47 Å². The molecule has 7 nitrogen and oxygen atoms in total. The summed E-state index contributed by atoms with van der Waals surface area (Å²) in [6, 6.07) is 13.8. The fourth-order valence-corrected chi connectivity index (χ4v) is 2.39. The maximum Gasteiger partial charge on any atom is 0.248 e. The van der Waals surface area contributed by atoms with Crippen LogP contribution in [-0.4, -0.2) is 27.7 Å². The highest BCUT2D eigenvalue weighted by atomic mass is 16.5. The molecule has 0 saturated heterocycles. The number of aromatic nitrogens is 2. The van der Waals surface area contributed by atoms with Gasteiger partial charge >= 0.3 is 0 Å². The Kier molecular flexibility index (Phi) is 5.82. The molecular formula is C21H19N3O4. The molecule has 1 amide bonds. The summed E-state index contributed by atoms with van der Waals surface area (Å²) in [6.45, 7) is 0.350. The Bertz CT molecular complexity index is 995. The summed E-state index contributed by atoms with van der Waals surface area (Å²) < 4.78 is 12.5. The number of aromatic hydroxyl groups is 1. The van der Waals surface area contributed by atoms with Crippen LogP contribution in [0.4, 0.5) is 5.69 Å². The molecule has 0 radical (unpaired) electrons. The van der Waals surface area contributed by atoms with Gasteiger partial charge in [-0.1, -0.05) is 12.1 Å². The molecular weight excluding hydrogens is 358 g/mol. The first-order valence-electron chi connectivity index (χ1n) is 8.42. The van der Waals surface area contributed by atoms with E-state index in [1.54, 1.807) is 42.9 Å². The van der Waals surface area contributed by atoms with Gasteiger partial charge in [0.05, 0.1) is 31.0 Å². The van der Waals surface area contributed by atoms with E-state index in [0.29, 0.717) is 29.4 Å². The zero-order chi connectivity index (χ0) is 19.9. The molecule has 2 N–H and O–H groups in total. The van der Waals surface area contributed by atoms with Crippen molar-refractivity contribution in [1.29, 1.82) is 0 Å². The van der Waals surface area contributed by atoms with Crippen LogP contribution in [0.1, 0.15) is 11.3 Å². The van der Waals surface area contributed by atoms with Crippen LogP contribution in [-0.2, 0) is 18.4 Å². The Morgan fingerprint density at radius 1 is 1.39 bits per heavy atom. The van der Waals surface area contributed by atoms with Gasteiger partial charge in [-0.25, -0.2) is 4.98 Å². The van der Waals surface area contributed by atoms with Crippen molar-refractivity contribution >= 4 is 17.7 Å². The molecule has 7 heteroatoms. The van der Waals surface area contributed by atoms with Gasteiger partial charge in [-0.15, -0.1) is 0 Å². The molecule has 28 heavy (non-hydrogen) atoms. The first-order valence-corrected chi connectivity index (χ1v) is 8.42. The zero-order valence-electron chi connectivity index (χ0n) is 15.5. The summed E-state index contributed by atoms with van der Waals surface area (Å²) in [5, 5.41) is 12.5. The van der Waals surface area contributed by atoms with Crippen molar-refractivity contribution in [3.8, 4) is 17.2 Å². The minimum atomic E-state index is -0.344. The molecule has 0 fully saturated rings. The quantitative estimate of drug-likeness (QED) is 0.619. The topological polar surface area (TPSA) is 85.6 Å². The minimum Gasteiger partial charge on any atom is -0.504 e.